The molecule has 94 valence electrons. The summed E-state index contributed by atoms with van der Waals surface area (Å²) in [4.78, 5) is 13.2. The molecule has 0 radical (unpaired) electrons. The lowest BCUT2D eigenvalue weighted by Gasteiger charge is -2.26. The van der Waals surface area contributed by atoms with Gasteiger partial charge in [0.1, 0.15) is 5.60 Å². The Morgan fingerprint density at radius 3 is 2.31 bits per heavy atom. The molecule has 0 heterocycles. The maximum atomic E-state index is 11.7. The largest absolute Gasteiger partial charge is 0.444 e. The fourth-order valence-corrected chi connectivity index (χ4v) is 0.997. The number of rotatable bonds is 4. The summed E-state index contributed by atoms with van der Waals surface area (Å²) in [7, 11) is 0. The predicted octanol–water partition coefficient (Wildman–Crippen LogP) is 2.18. The molecular formula is C12H23NO3. The molecule has 16 heavy (non-hydrogen) atoms. The highest BCUT2D eigenvalue weighted by Crippen LogP contribution is 2.10. The number of ether oxygens (including phenoxy) is 1. The molecule has 0 aliphatic rings. The van der Waals surface area contributed by atoms with Crippen LogP contribution >= 0.6 is 0 Å². The zero-order valence-electron chi connectivity index (χ0n) is 10.9. The number of amides is 1. The van der Waals surface area contributed by atoms with Gasteiger partial charge in [0.25, 0.3) is 0 Å². The van der Waals surface area contributed by atoms with Crippen LogP contribution in [-0.4, -0.2) is 41.4 Å². The molecule has 0 atom stereocenters. The van der Waals surface area contributed by atoms with Crippen LogP contribution in [0.15, 0.2) is 11.6 Å². The summed E-state index contributed by atoms with van der Waals surface area (Å²) in [5.41, 5.74) is 0.627. The van der Waals surface area contributed by atoms with Crippen molar-refractivity contribution in [2.75, 3.05) is 19.7 Å². The highest BCUT2D eigenvalue weighted by atomic mass is 16.6. The number of carbonyl (C=O) groups is 1. The van der Waals surface area contributed by atoms with Gasteiger partial charge < -0.3 is 14.7 Å². The van der Waals surface area contributed by atoms with Gasteiger partial charge in [0.05, 0.1) is 6.61 Å². The Balaban J connectivity index is 4.41. The molecule has 0 aliphatic carbocycles. The lowest BCUT2D eigenvalue weighted by molar-refractivity contribution is 0.0242. The van der Waals surface area contributed by atoms with Gasteiger partial charge in [-0.15, -0.1) is 0 Å². The molecule has 0 saturated heterocycles. The summed E-state index contributed by atoms with van der Waals surface area (Å²) < 4.78 is 5.23. The van der Waals surface area contributed by atoms with Crippen molar-refractivity contribution in [1.82, 2.24) is 4.90 Å². The number of aliphatic hydroxyl groups excluding tert-OH is 1. The maximum absolute atomic E-state index is 11.7. The summed E-state index contributed by atoms with van der Waals surface area (Å²) in [6.45, 7) is 10.1. The number of carbonyl (C=O) groups excluding carboxylic acids is 1. The predicted molar refractivity (Wildman–Crippen MR) is 64.3 cm³/mol. The molecule has 1 N–H and O–H groups in total. The van der Waals surface area contributed by atoms with Crippen LogP contribution in [0.2, 0.25) is 0 Å². The maximum Gasteiger partial charge on any atom is 0.410 e. The van der Waals surface area contributed by atoms with Crippen LogP contribution in [0.5, 0.6) is 0 Å². The molecule has 0 aliphatic heterocycles. The molecule has 0 aromatic heterocycles. The van der Waals surface area contributed by atoms with E-state index < -0.39 is 5.60 Å². The number of aliphatic hydroxyl groups is 1. The molecule has 0 saturated carbocycles. The zero-order chi connectivity index (χ0) is 12.8. The van der Waals surface area contributed by atoms with Crippen molar-refractivity contribution in [3.05, 3.63) is 11.6 Å². The number of allylic oxidation sites excluding steroid dienone is 1. The van der Waals surface area contributed by atoms with Gasteiger partial charge in [0.2, 0.25) is 0 Å². The van der Waals surface area contributed by atoms with Crippen molar-refractivity contribution in [1.29, 1.82) is 0 Å². The third kappa shape index (κ3) is 7.29. The van der Waals surface area contributed by atoms with Crippen LogP contribution in [0.4, 0.5) is 4.79 Å². The lowest BCUT2D eigenvalue weighted by atomic mass is 10.2. The van der Waals surface area contributed by atoms with E-state index in [9.17, 15) is 4.79 Å². The topological polar surface area (TPSA) is 49.8 Å². The molecule has 0 bridgehead atoms. The van der Waals surface area contributed by atoms with Gasteiger partial charge >= 0.3 is 6.09 Å². The second kappa shape index (κ2) is 6.53. The number of hydrogen-bond acceptors (Lipinski definition) is 3. The van der Waals surface area contributed by atoms with E-state index in [2.05, 4.69) is 0 Å². The Kier molecular flexibility index (Phi) is 6.11. The molecule has 0 unspecified atom stereocenters. The van der Waals surface area contributed by atoms with E-state index in [0.717, 1.165) is 5.57 Å². The van der Waals surface area contributed by atoms with Crippen molar-refractivity contribution in [2.24, 2.45) is 0 Å². The first-order chi connectivity index (χ1) is 7.26. The fourth-order valence-electron chi connectivity index (χ4n) is 0.997. The number of hydrogen-bond donors (Lipinski definition) is 1. The Morgan fingerprint density at radius 2 is 1.94 bits per heavy atom. The van der Waals surface area contributed by atoms with Crippen LogP contribution in [0.1, 0.15) is 34.6 Å². The van der Waals surface area contributed by atoms with Crippen molar-refractivity contribution in [2.45, 2.75) is 40.2 Å². The average Bonchev–Trinajstić information content (AvgIpc) is 2.08. The van der Waals surface area contributed by atoms with E-state index >= 15 is 0 Å². The monoisotopic (exact) mass is 229 g/mol. The van der Waals surface area contributed by atoms with Gasteiger partial charge in [-0.05, 0) is 34.6 Å². The van der Waals surface area contributed by atoms with E-state index in [4.69, 9.17) is 9.84 Å². The summed E-state index contributed by atoms with van der Waals surface area (Å²) in [5.74, 6) is 0. The molecule has 4 nitrogen and oxygen atoms in total. The Labute approximate surface area is 97.9 Å². The van der Waals surface area contributed by atoms with Crippen molar-refractivity contribution < 1.29 is 14.6 Å². The van der Waals surface area contributed by atoms with Crippen molar-refractivity contribution >= 4 is 6.09 Å². The van der Waals surface area contributed by atoms with Gasteiger partial charge in [-0.3, -0.25) is 0 Å². The first kappa shape index (κ1) is 15.0. The molecule has 4 heteroatoms. The van der Waals surface area contributed by atoms with Crippen molar-refractivity contribution in [3.8, 4) is 0 Å². The second-order valence-electron chi connectivity index (χ2n) is 4.93. The fraction of sp³-hybridized carbons (Fsp3) is 0.750. The highest BCUT2D eigenvalue weighted by Gasteiger charge is 2.20. The van der Waals surface area contributed by atoms with Gasteiger partial charge in [-0.2, -0.15) is 0 Å². The van der Waals surface area contributed by atoms with Crippen LogP contribution < -0.4 is 0 Å². The van der Waals surface area contributed by atoms with Crippen molar-refractivity contribution in [3.63, 3.8) is 0 Å². The van der Waals surface area contributed by atoms with E-state index in [1.165, 1.54) is 4.90 Å². The second-order valence-corrected chi connectivity index (χ2v) is 4.93. The highest BCUT2D eigenvalue weighted by molar-refractivity contribution is 5.68. The Bertz CT molecular complexity index is 249. The SMILES string of the molecule is CC(C)=CCN(CCO)C(=O)OC(C)(C)C. The molecule has 0 rings (SSSR count). The van der Waals surface area contributed by atoms with Gasteiger partial charge in [0, 0.05) is 13.1 Å². The van der Waals surface area contributed by atoms with Crippen LogP contribution in [0.3, 0.4) is 0 Å². The lowest BCUT2D eigenvalue weighted by Crippen LogP contribution is -2.38. The zero-order valence-corrected chi connectivity index (χ0v) is 10.9. The van der Waals surface area contributed by atoms with Crippen LogP contribution in [0.25, 0.3) is 0 Å². The molecule has 0 aromatic carbocycles. The normalized spacial score (nSPS) is 10.9. The molecule has 1 amide bonds. The summed E-state index contributed by atoms with van der Waals surface area (Å²) >= 11 is 0. The summed E-state index contributed by atoms with van der Waals surface area (Å²) in [6.07, 6.45) is 1.54. The minimum Gasteiger partial charge on any atom is -0.444 e. The smallest absolute Gasteiger partial charge is 0.410 e. The molecule has 0 spiro atoms. The third-order valence-electron chi connectivity index (χ3n) is 1.74. The molecule has 0 aromatic rings. The van der Waals surface area contributed by atoms with Gasteiger partial charge in [-0.25, -0.2) is 4.79 Å². The van der Waals surface area contributed by atoms with E-state index in [1.807, 2.05) is 40.7 Å². The quantitative estimate of drug-likeness (QED) is 0.752. The minimum absolute atomic E-state index is 0.0597. The Morgan fingerprint density at radius 1 is 1.38 bits per heavy atom. The Hall–Kier alpha value is -1.03. The molecular weight excluding hydrogens is 206 g/mol. The van der Waals surface area contributed by atoms with Gasteiger partial charge in [-0.1, -0.05) is 11.6 Å². The average molecular weight is 229 g/mol. The molecule has 0 fully saturated rings. The first-order valence-corrected chi connectivity index (χ1v) is 5.48. The summed E-state index contributed by atoms with van der Waals surface area (Å²) in [6, 6.07) is 0. The third-order valence-corrected chi connectivity index (χ3v) is 1.74. The van der Waals surface area contributed by atoms with E-state index in [-0.39, 0.29) is 12.7 Å². The standard InChI is InChI=1S/C12H23NO3/c1-10(2)6-7-13(8-9-14)11(15)16-12(3,4)5/h6,14H,7-9H2,1-5H3. The first-order valence-electron chi connectivity index (χ1n) is 5.48. The number of nitrogens with zero attached hydrogens (tertiary/aromatic N) is 1. The van der Waals surface area contributed by atoms with Crippen LogP contribution in [-0.2, 0) is 4.74 Å². The van der Waals surface area contributed by atoms with Crippen LogP contribution in [0, 0.1) is 0 Å². The van der Waals surface area contributed by atoms with Gasteiger partial charge in [0.15, 0.2) is 0 Å². The van der Waals surface area contributed by atoms with E-state index in [0.29, 0.717) is 13.1 Å². The minimum atomic E-state index is -0.504. The summed E-state index contributed by atoms with van der Waals surface area (Å²) in [5, 5.41) is 8.88. The van der Waals surface area contributed by atoms with E-state index in [1.54, 1.807) is 0 Å².